The molecule has 0 radical (unpaired) electrons. The average molecular weight is 350 g/mol. The number of nitrogens with one attached hydrogen (secondary N) is 1. The highest BCUT2D eigenvalue weighted by atomic mass is 35.5. The number of esters is 1. The molecule has 6 nitrogen and oxygen atoms in total. The van der Waals surface area contributed by atoms with E-state index in [2.05, 4.69) is 10.1 Å². The molecule has 0 heterocycles. The van der Waals surface area contributed by atoms with E-state index in [4.69, 9.17) is 11.6 Å². The number of rotatable bonds is 4. The van der Waals surface area contributed by atoms with E-state index in [9.17, 15) is 19.5 Å². The first-order valence-corrected chi connectivity index (χ1v) is 7.90. The van der Waals surface area contributed by atoms with Crippen LogP contribution in [0.15, 0.2) is 30.4 Å². The van der Waals surface area contributed by atoms with Crippen LogP contribution in [0.5, 0.6) is 0 Å². The standard InChI is InChI=1S/C17H16ClNO5/c1-24-17(23)11-7-10(4-5-12(11)18)19-15(20)13-8-2-3-9(6-8)14(13)16(21)22/h2-5,7-9,13-14H,6H2,1H3,(H,19,20)(H,21,22)/t8-,9-,13+,14+/m0/s1. The van der Waals surface area contributed by atoms with Crippen molar-refractivity contribution in [1.82, 2.24) is 0 Å². The predicted octanol–water partition coefficient (Wildman–Crippen LogP) is 2.59. The Kier molecular flexibility index (Phi) is 4.32. The molecule has 24 heavy (non-hydrogen) atoms. The van der Waals surface area contributed by atoms with Crippen molar-refractivity contribution in [2.24, 2.45) is 23.7 Å². The van der Waals surface area contributed by atoms with Crippen LogP contribution in [-0.2, 0) is 14.3 Å². The van der Waals surface area contributed by atoms with Crippen molar-refractivity contribution in [3.05, 3.63) is 40.9 Å². The molecule has 2 bridgehead atoms. The van der Waals surface area contributed by atoms with Crippen LogP contribution in [0.25, 0.3) is 0 Å². The normalized spacial score (nSPS) is 27.1. The molecular weight excluding hydrogens is 334 g/mol. The summed E-state index contributed by atoms with van der Waals surface area (Å²) in [5.74, 6) is -3.43. The number of aliphatic carboxylic acids is 1. The first-order valence-electron chi connectivity index (χ1n) is 7.52. The van der Waals surface area contributed by atoms with Gasteiger partial charge in [0, 0.05) is 5.69 Å². The molecule has 1 aromatic carbocycles. The van der Waals surface area contributed by atoms with Crippen LogP contribution in [-0.4, -0.2) is 30.1 Å². The molecule has 3 rings (SSSR count). The second kappa shape index (κ2) is 6.28. The number of halogens is 1. The molecule has 7 heteroatoms. The highest BCUT2D eigenvalue weighted by Gasteiger charge is 2.51. The summed E-state index contributed by atoms with van der Waals surface area (Å²) in [5, 5.41) is 12.3. The summed E-state index contributed by atoms with van der Waals surface area (Å²) in [5.41, 5.74) is 0.514. The van der Waals surface area contributed by atoms with Crippen molar-refractivity contribution >= 4 is 35.1 Å². The molecule has 1 aromatic rings. The zero-order valence-corrected chi connectivity index (χ0v) is 13.6. The quantitative estimate of drug-likeness (QED) is 0.643. The first-order chi connectivity index (χ1) is 11.4. The average Bonchev–Trinajstić information content (AvgIpc) is 3.16. The van der Waals surface area contributed by atoms with Gasteiger partial charge in [0.2, 0.25) is 5.91 Å². The zero-order chi connectivity index (χ0) is 17.4. The second-order valence-corrected chi connectivity index (χ2v) is 6.42. The van der Waals surface area contributed by atoms with E-state index in [1.54, 1.807) is 6.07 Å². The number of anilines is 1. The number of carboxylic acid groups (broad SMARTS) is 1. The third-order valence-corrected chi connectivity index (χ3v) is 5.02. The lowest BCUT2D eigenvalue weighted by Crippen LogP contribution is -2.36. The van der Waals surface area contributed by atoms with Crippen molar-refractivity contribution in [2.45, 2.75) is 6.42 Å². The molecule has 2 aliphatic rings. The molecule has 2 N–H and O–H groups in total. The minimum absolute atomic E-state index is 0.0662. The fourth-order valence-corrected chi connectivity index (χ4v) is 3.81. The van der Waals surface area contributed by atoms with Gasteiger partial charge in [0.1, 0.15) is 0 Å². The smallest absolute Gasteiger partial charge is 0.339 e. The summed E-state index contributed by atoms with van der Waals surface area (Å²) >= 11 is 5.95. The molecule has 126 valence electrons. The van der Waals surface area contributed by atoms with Crippen molar-refractivity contribution in [2.75, 3.05) is 12.4 Å². The maximum absolute atomic E-state index is 12.6. The molecule has 4 atom stereocenters. The summed E-state index contributed by atoms with van der Waals surface area (Å²) in [7, 11) is 1.24. The Morgan fingerprint density at radius 3 is 2.50 bits per heavy atom. The molecular formula is C17H16ClNO5. The van der Waals surface area contributed by atoms with Crippen molar-refractivity contribution in [1.29, 1.82) is 0 Å². The largest absolute Gasteiger partial charge is 0.481 e. The van der Waals surface area contributed by atoms with Gasteiger partial charge >= 0.3 is 11.9 Å². The SMILES string of the molecule is COC(=O)c1cc(NC(=O)[C@H]2[C@H](C(=O)O)[C@H]3C=C[C@H]2C3)ccc1Cl. The Bertz CT molecular complexity index is 744. The van der Waals surface area contributed by atoms with E-state index < -0.39 is 23.8 Å². The van der Waals surface area contributed by atoms with Crippen molar-refractivity contribution in [3.8, 4) is 0 Å². The maximum atomic E-state index is 12.6. The van der Waals surface area contributed by atoms with Gasteiger partial charge in [0.15, 0.2) is 0 Å². The van der Waals surface area contributed by atoms with E-state index in [0.29, 0.717) is 12.1 Å². The van der Waals surface area contributed by atoms with Gasteiger partial charge in [-0.25, -0.2) is 4.79 Å². The number of carboxylic acids is 1. The Morgan fingerprint density at radius 1 is 1.21 bits per heavy atom. The van der Waals surface area contributed by atoms with E-state index in [0.717, 1.165) is 0 Å². The molecule has 1 fully saturated rings. The number of ether oxygens (including phenoxy) is 1. The van der Waals surface area contributed by atoms with Crippen molar-refractivity contribution in [3.63, 3.8) is 0 Å². The van der Waals surface area contributed by atoms with Gasteiger partial charge in [-0.05, 0) is 36.5 Å². The highest BCUT2D eigenvalue weighted by Crippen LogP contribution is 2.48. The molecule has 0 aromatic heterocycles. The number of hydrogen-bond acceptors (Lipinski definition) is 4. The van der Waals surface area contributed by atoms with Gasteiger partial charge in [-0.1, -0.05) is 23.8 Å². The maximum Gasteiger partial charge on any atom is 0.339 e. The Hall–Kier alpha value is -2.34. The Labute approximate surface area is 143 Å². The minimum Gasteiger partial charge on any atom is -0.481 e. The van der Waals surface area contributed by atoms with Crippen LogP contribution >= 0.6 is 11.6 Å². The van der Waals surface area contributed by atoms with Crippen LogP contribution in [0.3, 0.4) is 0 Å². The van der Waals surface area contributed by atoms with Crippen LogP contribution in [0.2, 0.25) is 5.02 Å². The van der Waals surface area contributed by atoms with Gasteiger partial charge in [-0.2, -0.15) is 0 Å². The number of carbonyl (C=O) groups is 3. The lowest BCUT2D eigenvalue weighted by Gasteiger charge is -2.24. The molecule has 2 aliphatic carbocycles. The van der Waals surface area contributed by atoms with Crippen LogP contribution in [0.1, 0.15) is 16.8 Å². The van der Waals surface area contributed by atoms with Crippen LogP contribution in [0, 0.1) is 23.7 Å². The number of fused-ring (bicyclic) bond motifs is 2. The van der Waals surface area contributed by atoms with E-state index in [1.165, 1.54) is 19.2 Å². The fourth-order valence-electron chi connectivity index (χ4n) is 3.61. The highest BCUT2D eigenvalue weighted by molar-refractivity contribution is 6.33. The third kappa shape index (κ3) is 2.78. The molecule has 0 unspecified atom stereocenters. The summed E-state index contributed by atoms with van der Waals surface area (Å²) < 4.78 is 4.64. The molecule has 0 spiro atoms. The monoisotopic (exact) mass is 349 g/mol. The van der Waals surface area contributed by atoms with Gasteiger partial charge in [0.25, 0.3) is 0 Å². The van der Waals surface area contributed by atoms with Gasteiger partial charge in [0.05, 0.1) is 29.5 Å². The number of benzene rings is 1. The third-order valence-electron chi connectivity index (χ3n) is 4.69. The van der Waals surface area contributed by atoms with Gasteiger partial charge in [-0.15, -0.1) is 0 Å². The number of allylic oxidation sites excluding steroid dienone is 2. The topological polar surface area (TPSA) is 92.7 Å². The lowest BCUT2D eigenvalue weighted by atomic mass is 9.82. The molecule has 0 saturated heterocycles. The number of hydrogen-bond donors (Lipinski definition) is 2. The summed E-state index contributed by atoms with van der Waals surface area (Å²) in [6.45, 7) is 0. The van der Waals surface area contributed by atoms with E-state index in [-0.39, 0.29) is 28.3 Å². The second-order valence-electron chi connectivity index (χ2n) is 6.01. The summed E-state index contributed by atoms with van der Waals surface area (Å²) in [4.78, 5) is 35.8. The number of amides is 1. The lowest BCUT2D eigenvalue weighted by molar-refractivity contribution is -0.146. The van der Waals surface area contributed by atoms with E-state index >= 15 is 0 Å². The van der Waals surface area contributed by atoms with Gasteiger partial charge in [-0.3, -0.25) is 9.59 Å². The first kappa shape index (κ1) is 16.5. The zero-order valence-electron chi connectivity index (χ0n) is 12.9. The number of methoxy groups -OCH3 is 1. The Morgan fingerprint density at radius 2 is 1.88 bits per heavy atom. The molecule has 1 saturated carbocycles. The molecule has 0 aliphatic heterocycles. The predicted molar refractivity (Wildman–Crippen MR) is 86.8 cm³/mol. The number of carbonyl (C=O) groups excluding carboxylic acids is 2. The fraction of sp³-hybridized carbons (Fsp3) is 0.353. The Balaban J connectivity index is 1.81. The van der Waals surface area contributed by atoms with Crippen LogP contribution < -0.4 is 5.32 Å². The van der Waals surface area contributed by atoms with Crippen molar-refractivity contribution < 1.29 is 24.2 Å². The summed E-state index contributed by atoms with van der Waals surface area (Å²) in [6, 6.07) is 4.47. The van der Waals surface area contributed by atoms with E-state index in [1.807, 2.05) is 12.2 Å². The summed E-state index contributed by atoms with van der Waals surface area (Å²) in [6.07, 6.45) is 4.48. The molecule has 1 amide bonds. The minimum atomic E-state index is -0.960. The van der Waals surface area contributed by atoms with Crippen LogP contribution in [0.4, 0.5) is 5.69 Å². The van der Waals surface area contributed by atoms with Gasteiger partial charge < -0.3 is 15.2 Å².